The van der Waals surface area contributed by atoms with Crippen LogP contribution in [0.25, 0.3) is 0 Å². The molecule has 0 aromatic heterocycles. The van der Waals surface area contributed by atoms with E-state index in [9.17, 15) is 9.59 Å². The van der Waals surface area contributed by atoms with E-state index in [1.54, 1.807) is 24.3 Å². The van der Waals surface area contributed by atoms with Crippen molar-refractivity contribution in [3.05, 3.63) is 34.9 Å². The van der Waals surface area contributed by atoms with E-state index in [0.717, 1.165) is 5.56 Å². The molecule has 2 atom stereocenters. The molecule has 1 aromatic carbocycles. The molecule has 1 amide bonds. The third kappa shape index (κ3) is 6.12. The maximum atomic E-state index is 11.3. The second kappa shape index (κ2) is 7.97. The van der Waals surface area contributed by atoms with Crippen LogP contribution >= 0.6 is 23.2 Å². The average molecular weight is 320 g/mol. The molecule has 7 heteroatoms. The molecule has 0 fully saturated rings. The Morgan fingerprint density at radius 2 is 1.95 bits per heavy atom. The van der Waals surface area contributed by atoms with Crippen LogP contribution in [0.2, 0.25) is 5.02 Å². The Morgan fingerprint density at radius 1 is 1.35 bits per heavy atom. The highest BCUT2D eigenvalue weighted by atomic mass is 35.5. The summed E-state index contributed by atoms with van der Waals surface area (Å²) in [6.45, 7) is 1.64. The number of carbonyl (C=O) groups is 2. The summed E-state index contributed by atoms with van der Waals surface area (Å²) >= 11 is 11.3. The molecule has 110 valence electrons. The quantitative estimate of drug-likeness (QED) is 0.789. The van der Waals surface area contributed by atoms with Gasteiger partial charge in [-0.1, -0.05) is 35.3 Å². The number of alkyl carbamates (subject to hydrolysis) is 1. The Bertz CT molecular complexity index is 462. The van der Waals surface area contributed by atoms with Crippen molar-refractivity contribution in [2.75, 3.05) is 6.54 Å². The maximum Gasteiger partial charge on any atom is 0.408 e. The highest BCUT2D eigenvalue weighted by molar-refractivity contribution is 6.30. The molecule has 0 saturated heterocycles. The van der Waals surface area contributed by atoms with Crippen molar-refractivity contribution in [2.24, 2.45) is 0 Å². The Morgan fingerprint density at radius 3 is 2.45 bits per heavy atom. The first kappa shape index (κ1) is 16.6. The third-order valence-corrected chi connectivity index (χ3v) is 2.87. The van der Waals surface area contributed by atoms with Gasteiger partial charge in [-0.05, 0) is 24.6 Å². The number of ether oxygens (including phenoxy) is 1. The fourth-order valence-corrected chi connectivity index (χ4v) is 1.86. The molecule has 0 aliphatic rings. The Labute approximate surface area is 126 Å². The lowest BCUT2D eigenvalue weighted by Gasteiger charge is -2.16. The predicted molar refractivity (Wildman–Crippen MR) is 76.2 cm³/mol. The van der Waals surface area contributed by atoms with Crippen molar-refractivity contribution in [2.45, 2.75) is 24.8 Å². The molecule has 0 radical (unpaired) electrons. The van der Waals surface area contributed by atoms with Crippen LogP contribution in [-0.4, -0.2) is 29.3 Å². The molecule has 0 aliphatic heterocycles. The molecule has 20 heavy (non-hydrogen) atoms. The van der Waals surface area contributed by atoms with Crippen LogP contribution in [0, 0.1) is 0 Å². The highest BCUT2D eigenvalue weighted by Gasteiger charge is 2.17. The smallest absolute Gasteiger partial charge is 0.408 e. The highest BCUT2D eigenvalue weighted by Crippen LogP contribution is 2.21. The fourth-order valence-electron chi connectivity index (χ4n) is 1.65. The molecule has 0 aliphatic carbocycles. The van der Waals surface area contributed by atoms with Gasteiger partial charge >= 0.3 is 12.1 Å². The van der Waals surface area contributed by atoms with Crippen LogP contribution in [0.3, 0.4) is 0 Å². The van der Waals surface area contributed by atoms with Gasteiger partial charge in [-0.2, -0.15) is 0 Å². The lowest BCUT2D eigenvalue weighted by Crippen LogP contribution is -2.31. The molecule has 1 rings (SSSR count). The van der Waals surface area contributed by atoms with Crippen molar-refractivity contribution in [3.8, 4) is 0 Å². The minimum absolute atomic E-state index is 0.113. The van der Waals surface area contributed by atoms with E-state index in [1.165, 1.54) is 6.92 Å². The zero-order valence-electron chi connectivity index (χ0n) is 10.8. The number of alkyl halides is 1. The number of aliphatic carboxylic acids is 1. The lowest BCUT2D eigenvalue weighted by molar-refractivity contribution is -0.137. The van der Waals surface area contributed by atoms with Crippen LogP contribution in [0.4, 0.5) is 4.79 Å². The molecule has 1 aromatic rings. The number of hydrogen-bond donors (Lipinski definition) is 2. The lowest BCUT2D eigenvalue weighted by atomic mass is 9.96. The molecule has 5 nitrogen and oxygen atoms in total. The molecule has 2 N–H and O–H groups in total. The predicted octanol–water partition coefficient (Wildman–Crippen LogP) is 3.21. The first-order chi connectivity index (χ1) is 9.38. The zero-order valence-corrected chi connectivity index (χ0v) is 12.3. The first-order valence-electron chi connectivity index (χ1n) is 5.94. The van der Waals surface area contributed by atoms with Gasteiger partial charge in [-0.3, -0.25) is 4.79 Å². The summed E-state index contributed by atoms with van der Waals surface area (Å²) in [7, 11) is 0. The van der Waals surface area contributed by atoms with Crippen LogP contribution < -0.4 is 5.32 Å². The molecule has 0 saturated carbocycles. The van der Waals surface area contributed by atoms with Crippen molar-refractivity contribution < 1.29 is 19.4 Å². The van der Waals surface area contributed by atoms with E-state index in [-0.39, 0.29) is 18.9 Å². The molecular formula is C13H15Cl2NO4. The zero-order chi connectivity index (χ0) is 15.1. The molecule has 0 spiro atoms. The topological polar surface area (TPSA) is 75.6 Å². The fraction of sp³-hybridized carbons (Fsp3) is 0.385. The Kier molecular flexibility index (Phi) is 6.61. The van der Waals surface area contributed by atoms with E-state index >= 15 is 0 Å². The molecule has 1 unspecified atom stereocenters. The standard InChI is InChI=1S/C13H15Cl2NO4/c1-8(14)20-13(19)16-7-10(6-12(17)18)9-2-4-11(15)5-3-9/h2-5,8,10H,6-7H2,1H3,(H,16,19)(H,17,18)/t8?,10-/m0/s1. The molecule has 0 heterocycles. The summed E-state index contributed by atoms with van der Waals surface area (Å²) in [4.78, 5) is 22.2. The van der Waals surface area contributed by atoms with Gasteiger partial charge in [0.2, 0.25) is 0 Å². The number of amides is 1. The Hall–Kier alpha value is -1.46. The summed E-state index contributed by atoms with van der Waals surface area (Å²) in [5, 5.41) is 12.0. The minimum atomic E-state index is -0.953. The van der Waals surface area contributed by atoms with Crippen LogP contribution in [0.5, 0.6) is 0 Å². The number of hydrogen-bond acceptors (Lipinski definition) is 3. The number of nitrogens with one attached hydrogen (secondary N) is 1. The van der Waals surface area contributed by atoms with E-state index in [0.29, 0.717) is 5.02 Å². The van der Waals surface area contributed by atoms with E-state index in [4.69, 9.17) is 33.0 Å². The Balaban J connectivity index is 2.67. The second-order valence-electron chi connectivity index (χ2n) is 4.18. The van der Waals surface area contributed by atoms with Crippen molar-refractivity contribution >= 4 is 35.3 Å². The van der Waals surface area contributed by atoms with Gasteiger partial charge in [0.05, 0.1) is 6.42 Å². The van der Waals surface area contributed by atoms with Crippen molar-refractivity contribution in [1.82, 2.24) is 5.32 Å². The van der Waals surface area contributed by atoms with Gasteiger partial charge in [0.25, 0.3) is 0 Å². The number of benzene rings is 1. The summed E-state index contributed by atoms with van der Waals surface area (Å²) in [5.74, 6) is -1.33. The summed E-state index contributed by atoms with van der Waals surface area (Å²) in [5.41, 5.74) is 0.0273. The number of carbonyl (C=O) groups excluding carboxylic acids is 1. The molecular weight excluding hydrogens is 305 g/mol. The first-order valence-corrected chi connectivity index (χ1v) is 6.75. The number of carboxylic acid groups (broad SMARTS) is 1. The summed E-state index contributed by atoms with van der Waals surface area (Å²) in [6.07, 6.45) is -0.796. The monoisotopic (exact) mass is 319 g/mol. The molecule has 0 bridgehead atoms. The van der Waals surface area contributed by atoms with Crippen molar-refractivity contribution in [1.29, 1.82) is 0 Å². The van der Waals surface area contributed by atoms with Gasteiger partial charge in [-0.25, -0.2) is 4.79 Å². The van der Waals surface area contributed by atoms with Gasteiger partial charge < -0.3 is 15.2 Å². The van der Waals surface area contributed by atoms with Crippen LogP contribution in [0.15, 0.2) is 24.3 Å². The third-order valence-electron chi connectivity index (χ3n) is 2.52. The minimum Gasteiger partial charge on any atom is -0.481 e. The summed E-state index contributed by atoms with van der Waals surface area (Å²) < 4.78 is 4.71. The van der Waals surface area contributed by atoms with E-state index in [2.05, 4.69) is 5.32 Å². The van der Waals surface area contributed by atoms with E-state index < -0.39 is 17.6 Å². The van der Waals surface area contributed by atoms with Gasteiger partial charge in [0.1, 0.15) is 0 Å². The van der Waals surface area contributed by atoms with Gasteiger partial charge in [-0.15, -0.1) is 0 Å². The average Bonchev–Trinajstić information content (AvgIpc) is 2.34. The van der Waals surface area contributed by atoms with Crippen LogP contribution in [-0.2, 0) is 9.53 Å². The van der Waals surface area contributed by atoms with Crippen molar-refractivity contribution in [3.63, 3.8) is 0 Å². The van der Waals surface area contributed by atoms with Gasteiger partial charge in [0, 0.05) is 17.5 Å². The SMILES string of the molecule is CC(Cl)OC(=O)NC[C@H](CC(=O)O)c1ccc(Cl)cc1. The number of carboxylic acids is 1. The van der Waals surface area contributed by atoms with Gasteiger partial charge in [0.15, 0.2) is 5.56 Å². The van der Waals surface area contributed by atoms with Crippen LogP contribution in [0.1, 0.15) is 24.8 Å². The maximum absolute atomic E-state index is 11.3. The normalized spacial score (nSPS) is 13.3. The van der Waals surface area contributed by atoms with E-state index in [1.807, 2.05) is 0 Å². The number of halogens is 2. The number of rotatable bonds is 6. The summed E-state index contributed by atoms with van der Waals surface area (Å²) in [6, 6.07) is 6.80. The largest absolute Gasteiger partial charge is 0.481 e. The second-order valence-corrected chi connectivity index (χ2v) is 5.23.